The maximum Gasteiger partial charge on any atom is 0.311 e. The van der Waals surface area contributed by atoms with Crippen molar-refractivity contribution in [1.82, 2.24) is 0 Å². The normalized spacial score (nSPS) is 14.8. The van der Waals surface area contributed by atoms with Crippen molar-refractivity contribution < 1.29 is 28.6 Å². The van der Waals surface area contributed by atoms with E-state index < -0.39 is 24.4 Å². The molecule has 0 unspecified atom stereocenters. The number of benzene rings is 4. The number of ether oxygens (including phenoxy) is 3. The van der Waals surface area contributed by atoms with Gasteiger partial charge in [-0.05, 0) is 47.9 Å². The number of esters is 1. The van der Waals surface area contributed by atoms with Crippen molar-refractivity contribution in [3.8, 4) is 17.2 Å². The van der Waals surface area contributed by atoms with E-state index >= 15 is 0 Å². The Balaban J connectivity index is 1.16. The molecule has 8 nitrogen and oxygen atoms in total. The van der Waals surface area contributed by atoms with Gasteiger partial charge in [-0.15, -0.1) is 0 Å². The Labute approximate surface area is 219 Å². The molecule has 0 aliphatic carbocycles. The molecule has 192 valence electrons. The van der Waals surface area contributed by atoms with Gasteiger partial charge in [0.1, 0.15) is 17.2 Å². The fraction of sp³-hybridized carbons (Fsp3) is 0.167. The number of anilines is 2. The predicted molar refractivity (Wildman–Crippen MR) is 144 cm³/mol. The molecule has 0 radical (unpaired) electrons. The van der Waals surface area contributed by atoms with Crippen LogP contribution in [0.4, 0.5) is 11.4 Å². The van der Waals surface area contributed by atoms with Crippen molar-refractivity contribution in [2.24, 2.45) is 5.92 Å². The van der Waals surface area contributed by atoms with Crippen LogP contribution in [-0.4, -0.2) is 38.0 Å². The molecule has 0 bridgehead atoms. The highest BCUT2D eigenvalue weighted by Crippen LogP contribution is 2.32. The molecule has 1 aliphatic heterocycles. The van der Waals surface area contributed by atoms with E-state index in [1.807, 2.05) is 42.5 Å². The monoisotopic (exact) mass is 510 g/mol. The van der Waals surface area contributed by atoms with Crippen LogP contribution in [0.3, 0.4) is 0 Å². The smallest absolute Gasteiger partial charge is 0.311 e. The highest BCUT2D eigenvalue weighted by Gasteiger charge is 2.36. The summed E-state index contributed by atoms with van der Waals surface area (Å²) in [5.74, 6) is 0.0694. The second-order valence-corrected chi connectivity index (χ2v) is 8.87. The molecule has 0 spiro atoms. The van der Waals surface area contributed by atoms with E-state index in [4.69, 9.17) is 14.2 Å². The molecule has 1 N–H and O–H groups in total. The van der Waals surface area contributed by atoms with E-state index in [1.54, 1.807) is 53.4 Å². The van der Waals surface area contributed by atoms with Crippen LogP contribution in [0.5, 0.6) is 17.2 Å². The molecule has 8 heteroatoms. The molecule has 4 aromatic carbocycles. The van der Waals surface area contributed by atoms with Crippen LogP contribution in [0.15, 0.2) is 91.0 Å². The highest BCUT2D eigenvalue weighted by atomic mass is 16.5. The minimum atomic E-state index is -0.654. The summed E-state index contributed by atoms with van der Waals surface area (Å²) in [4.78, 5) is 39.0. The van der Waals surface area contributed by atoms with Gasteiger partial charge in [-0.25, -0.2) is 0 Å². The van der Waals surface area contributed by atoms with Crippen LogP contribution < -0.4 is 19.7 Å². The van der Waals surface area contributed by atoms with Crippen LogP contribution in [0.1, 0.15) is 6.42 Å². The van der Waals surface area contributed by atoms with E-state index in [1.165, 1.54) is 7.11 Å². The average molecular weight is 511 g/mol. The van der Waals surface area contributed by atoms with Gasteiger partial charge in [0.05, 0.1) is 13.0 Å². The van der Waals surface area contributed by atoms with Crippen LogP contribution in [-0.2, 0) is 19.1 Å². The summed E-state index contributed by atoms with van der Waals surface area (Å²) < 4.78 is 16.4. The molecule has 0 saturated carbocycles. The number of nitrogens with zero attached hydrogens (tertiary/aromatic N) is 1. The molecule has 0 aromatic heterocycles. The predicted octanol–water partition coefficient (Wildman–Crippen LogP) is 5.18. The van der Waals surface area contributed by atoms with E-state index in [2.05, 4.69) is 5.32 Å². The SMILES string of the molecule is COc1cccc(NC(=O)COC(=O)[C@@H]2CC(=O)N(c3ccc(Oc4cccc5ccccc45)cc3)C2)c1. The second kappa shape index (κ2) is 11.0. The first kappa shape index (κ1) is 24.8. The lowest BCUT2D eigenvalue weighted by Crippen LogP contribution is -2.28. The van der Waals surface area contributed by atoms with Gasteiger partial charge in [0, 0.05) is 35.8 Å². The number of nitrogens with one attached hydrogen (secondary N) is 1. The lowest BCUT2D eigenvalue weighted by molar-refractivity contribution is -0.151. The third-order valence-electron chi connectivity index (χ3n) is 6.28. The molecule has 1 saturated heterocycles. The average Bonchev–Trinajstić information content (AvgIpc) is 3.34. The summed E-state index contributed by atoms with van der Waals surface area (Å²) in [5, 5.41) is 4.74. The number of amides is 2. The lowest BCUT2D eigenvalue weighted by atomic mass is 10.1. The first-order chi connectivity index (χ1) is 18.5. The number of hydrogen-bond donors (Lipinski definition) is 1. The van der Waals surface area contributed by atoms with Gasteiger partial charge in [-0.3, -0.25) is 14.4 Å². The zero-order valence-corrected chi connectivity index (χ0v) is 20.8. The van der Waals surface area contributed by atoms with Gasteiger partial charge in [-0.1, -0.05) is 42.5 Å². The number of methoxy groups -OCH3 is 1. The zero-order chi connectivity index (χ0) is 26.5. The number of fused-ring (bicyclic) bond motifs is 1. The zero-order valence-electron chi connectivity index (χ0n) is 20.8. The number of hydrogen-bond acceptors (Lipinski definition) is 6. The largest absolute Gasteiger partial charge is 0.497 e. The Kier molecular flexibility index (Phi) is 7.21. The molecule has 5 rings (SSSR count). The van der Waals surface area contributed by atoms with E-state index in [0.717, 1.165) is 16.5 Å². The maximum atomic E-state index is 12.6. The number of carbonyl (C=O) groups is 3. The Morgan fingerprint density at radius 2 is 1.68 bits per heavy atom. The van der Waals surface area contributed by atoms with Gasteiger partial charge >= 0.3 is 5.97 Å². The fourth-order valence-electron chi connectivity index (χ4n) is 4.37. The van der Waals surface area contributed by atoms with Crippen molar-refractivity contribution in [2.45, 2.75) is 6.42 Å². The quantitative estimate of drug-likeness (QED) is 0.329. The van der Waals surface area contributed by atoms with Gasteiger partial charge in [0.25, 0.3) is 5.91 Å². The van der Waals surface area contributed by atoms with Crippen LogP contribution >= 0.6 is 0 Å². The van der Waals surface area contributed by atoms with E-state index in [0.29, 0.717) is 22.9 Å². The third-order valence-corrected chi connectivity index (χ3v) is 6.28. The summed E-state index contributed by atoms with van der Waals surface area (Å²) in [6.07, 6.45) is 0.0184. The minimum absolute atomic E-state index is 0.0184. The summed E-state index contributed by atoms with van der Waals surface area (Å²) >= 11 is 0. The van der Waals surface area contributed by atoms with Crippen molar-refractivity contribution >= 4 is 39.9 Å². The van der Waals surface area contributed by atoms with E-state index in [9.17, 15) is 14.4 Å². The van der Waals surface area contributed by atoms with Crippen LogP contribution in [0.2, 0.25) is 0 Å². The first-order valence-corrected chi connectivity index (χ1v) is 12.2. The summed E-state index contributed by atoms with van der Waals surface area (Å²) in [5.41, 5.74) is 1.19. The van der Waals surface area contributed by atoms with Crippen LogP contribution in [0, 0.1) is 5.92 Å². The molecular formula is C30H26N2O6. The number of carbonyl (C=O) groups excluding carboxylic acids is 3. The second-order valence-electron chi connectivity index (χ2n) is 8.87. The molecule has 4 aromatic rings. The summed E-state index contributed by atoms with van der Waals surface area (Å²) in [6, 6.07) is 27.9. The molecular weight excluding hydrogens is 484 g/mol. The molecule has 1 atom stereocenters. The summed E-state index contributed by atoms with van der Waals surface area (Å²) in [7, 11) is 1.53. The Morgan fingerprint density at radius 1 is 0.921 bits per heavy atom. The van der Waals surface area contributed by atoms with Gasteiger partial charge < -0.3 is 24.4 Å². The Morgan fingerprint density at radius 3 is 2.50 bits per heavy atom. The van der Waals surface area contributed by atoms with Crippen LogP contribution in [0.25, 0.3) is 10.8 Å². The number of rotatable bonds is 8. The fourth-order valence-corrected chi connectivity index (χ4v) is 4.37. The highest BCUT2D eigenvalue weighted by molar-refractivity contribution is 6.00. The van der Waals surface area contributed by atoms with Crippen molar-refractivity contribution in [3.63, 3.8) is 0 Å². The minimum Gasteiger partial charge on any atom is -0.497 e. The molecule has 1 heterocycles. The van der Waals surface area contributed by atoms with Gasteiger partial charge in [0.2, 0.25) is 5.91 Å². The molecule has 1 fully saturated rings. The van der Waals surface area contributed by atoms with Crippen molar-refractivity contribution in [1.29, 1.82) is 0 Å². The maximum absolute atomic E-state index is 12.6. The van der Waals surface area contributed by atoms with Gasteiger partial charge in [0.15, 0.2) is 6.61 Å². The van der Waals surface area contributed by atoms with Crippen molar-refractivity contribution in [2.75, 3.05) is 30.5 Å². The van der Waals surface area contributed by atoms with Crippen molar-refractivity contribution in [3.05, 3.63) is 91.0 Å². The van der Waals surface area contributed by atoms with Gasteiger partial charge in [-0.2, -0.15) is 0 Å². The lowest BCUT2D eigenvalue weighted by Gasteiger charge is -2.17. The Bertz CT molecular complexity index is 1480. The molecule has 38 heavy (non-hydrogen) atoms. The standard InChI is InChI=1S/C30H26N2O6/c1-36-25-9-5-8-22(17-25)31-28(33)19-37-30(35)21-16-29(34)32(18-21)23-12-14-24(15-13-23)38-27-11-4-7-20-6-2-3-10-26(20)27/h2-15,17,21H,16,18-19H2,1H3,(H,31,33)/t21-/m1/s1. The summed E-state index contributed by atoms with van der Waals surface area (Å²) in [6.45, 7) is -0.264. The molecule has 1 aliphatic rings. The Hall–Kier alpha value is -4.85. The first-order valence-electron chi connectivity index (χ1n) is 12.2. The topological polar surface area (TPSA) is 94.2 Å². The third kappa shape index (κ3) is 5.59. The molecule has 2 amide bonds. The van der Waals surface area contributed by atoms with E-state index in [-0.39, 0.29) is 18.9 Å².